The van der Waals surface area contributed by atoms with Crippen LogP contribution in [-0.4, -0.2) is 29.8 Å². The maximum atomic E-state index is 12.5. The number of carbonyl (C=O) groups is 2. The Balaban J connectivity index is 1.72. The highest BCUT2D eigenvalue weighted by Gasteiger charge is 2.34. The fourth-order valence-corrected chi connectivity index (χ4v) is 3.43. The van der Waals surface area contributed by atoms with Crippen molar-refractivity contribution in [3.05, 3.63) is 63.0 Å². The predicted octanol–water partition coefficient (Wildman–Crippen LogP) is 5.11. The van der Waals surface area contributed by atoms with Crippen LogP contribution in [0.5, 0.6) is 5.75 Å². The van der Waals surface area contributed by atoms with Gasteiger partial charge in [-0.3, -0.25) is 14.5 Å². The highest BCUT2D eigenvalue weighted by molar-refractivity contribution is 8.18. The number of imide groups is 1. The fourth-order valence-electron chi connectivity index (χ4n) is 2.30. The average Bonchev–Trinajstić information content (AvgIpc) is 2.89. The van der Waals surface area contributed by atoms with Crippen molar-refractivity contribution in [3.63, 3.8) is 0 Å². The van der Waals surface area contributed by atoms with E-state index in [1.54, 1.807) is 37.5 Å². The van der Waals surface area contributed by atoms with E-state index in [4.69, 9.17) is 27.9 Å². The number of nitrogens with one attached hydrogen (secondary N) is 1. The molecule has 0 atom stereocenters. The van der Waals surface area contributed by atoms with Crippen LogP contribution in [0, 0.1) is 0 Å². The molecule has 1 N–H and O–H groups in total. The quantitative estimate of drug-likeness (QED) is 0.696. The van der Waals surface area contributed by atoms with Gasteiger partial charge < -0.3 is 10.1 Å². The van der Waals surface area contributed by atoms with Gasteiger partial charge >= 0.3 is 0 Å². The van der Waals surface area contributed by atoms with E-state index < -0.39 is 0 Å². The first-order valence-electron chi connectivity index (χ1n) is 7.56. The molecule has 1 aliphatic rings. The molecular weight excluding hydrogens is 395 g/mol. The van der Waals surface area contributed by atoms with E-state index in [0.29, 0.717) is 26.4 Å². The van der Waals surface area contributed by atoms with Crippen LogP contribution in [0.15, 0.2) is 47.4 Å². The first-order chi connectivity index (χ1) is 12.5. The van der Waals surface area contributed by atoms with Gasteiger partial charge in [-0.15, -0.1) is 0 Å². The summed E-state index contributed by atoms with van der Waals surface area (Å²) in [6, 6.07) is 12.3. The van der Waals surface area contributed by atoms with E-state index in [9.17, 15) is 9.59 Å². The van der Waals surface area contributed by atoms with Crippen LogP contribution in [-0.2, 0) is 4.79 Å². The number of hydrogen-bond donors (Lipinski definition) is 1. The van der Waals surface area contributed by atoms with Crippen molar-refractivity contribution in [1.29, 1.82) is 0 Å². The Hall–Kier alpha value is -2.15. The van der Waals surface area contributed by atoms with Crippen LogP contribution in [0.3, 0.4) is 0 Å². The van der Waals surface area contributed by atoms with Gasteiger partial charge in [-0.05, 0) is 53.7 Å². The standard InChI is InChI=1S/C18H14Cl2N2O3S/c1-25-13-4-2-3-11(7-13)8-16-17(23)22(18(24)26-16)10-21-12-5-6-14(19)15(20)9-12/h2-9,21H,10H2,1H3/b16-8+. The predicted molar refractivity (Wildman–Crippen MR) is 106 cm³/mol. The zero-order valence-electron chi connectivity index (χ0n) is 13.7. The summed E-state index contributed by atoms with van der Waals surface area (Å²) < 4.78 is 5.17. The molecular formula is C18H14Cl2N2O3S. The molecule has 0 aromatic heterocycles. The zero-order valence-corrected chi connectivity index (χ0v) is 16.0. The van der Waals surface area contributed by atoms with E-state index >= 15 is 0 Å². The van der Waals surface area contributed by atoms with Gasteiger partial charge in [-0.25, -0.2) is 0 Å². The van der Waals surface area contributed by atoms with E-state index in [2.05, 4.69) is 5.32 Å². The van der Waals surface area contributed by atoms with Crippen molar-refractivity contribution in [2.75, 3.05) is 19.1 Å². The first-order valence-corrected chi connectivity index (χ1v) is 9.13. The van der Waals surface area contributed by atoms with Gasteiger partial charge in [0.15, 0.2) is 0 Å². The number of nitrogens with zero attached hydrogens (tertiary/aromatic N) is 1. The maximum Gasteiger partial charge on any atom is 0.295 e. The fraction of sp³-hybridized carbons (Fsp3) is 0.111. The van der Waals surface area contributed by atoms with E-state index in [1.807, 2.05) is 18.2 Å². The third kappa shape index (κ3) is 4.15. The second-order valence-corrected chi connectivity index (χ2v) is 7.16. The lowest BCUT2D eigenvalue weighted by atomic mass is 10.2. The molecule has 134 valence electrons. The number of amides is 2. The summed E-state index contributed by atoms with van der Waals surface area (Å²) in [4.78, 5) is 26.2. The molecule has 1 saturated heterocycles. The summed E-state index contributed by atoms with van der Waals surface area (Å²) in [7, 11) is 1.57. The number of benzene rings is 2. The number of halogens is 2. The van der Waals surface area contributed by atoms with Crippen molar-refractivity contribution in [3.8, 4) is 5.75 Å². The van der Waals surface area contributed by atoms with Crippen molar-refractivity contribution in [1.82, 2.24) is 4.90 Å². The number of ether oxygens (including phenoxy) is 1. The Labute approximate surface area is 164 Å². The molecule has 0 saturated carbocycles. The molecule has 2 aromatic carbocycles. The number of anilines is 1. The molecule has 0 spiro atoms. The van der Waals surface area contributed by atoms with Gasteiger partial charge in [0.25, 0.3) is 11.1 Å². The molecule has 0 bridgehead atoms. The second kappa shape index (κ2) is 8.03. The van der Waals surface area contributed by atoms with Crippen LogP contribution < -0.4 is 10.1 Å². The third-order valence-electron chi connectivity index (χ3n) is 3.63. The van der Waals surface area contributed by atoms with E-state index in [0.717, 1.165) is 22.2 Å². The molecule has 1 aliphatic heterocycles. The van der Waals surface area contributed by atoms with Crippen LogP contribution in [0.2, 0.25) is 10.0 Å². The van der Waals surface area contributed by atoms with Gasteiger partial charge in [0.1, 0.15) is 5.75 Å². The number of carbonyl (C=O) groups excluding carboxylic acids is 2. The van der Waals surface area contributed by atoms with E-state index in [-0.39, 0.29) is 17.8 Å². The maximum absolute atomic E-state index is 12.5. The lowest BCUT2D eigenvalue weighted by Crippen LogP contribution is -2.33. The highest BCUT2D eigenvalue weighted by atomic mass is 35.5. The minimum atomic E-state index is -0.351. The summed E-state index contributed by atoms with van der Waals surface area (Å²) in [5.41, 5.74) is 1.45. The van der Waals surface area contributed by atoms with Gasteiger partial charge in [0.2, 0.25) is 0 Å². The molecule has 8 heteroatoms. The number of thioether (sulfide) groups is 1. The Bertz CT molecular complexity index is 902. The first kappa shape index (κ1) is 18.6. The van der Waals surface area contributed by atoms with Crippen molar-refractivity contribution < 1.29 is 14.3 Å². The van der Waals surface area contributed by atoms with Crippen LogP contribution >= 0.6 is 35.0 Å². The molecule has 2 amide bonds. The normalized spacial score (nSPS) is 15.7. The second-order valence-electron chi connectivity index (χ2n) is 5.35. The van der Waals surface area contributed by atoms with Crippen molar-refractivity contribution >= 4 is 57.9 Å². The molecule has 0 unspecified atom stereocenters. The van der Waals surface area contributed by atoms with E-state index in [1.165, 1.54) is 0 Å². The summed E-state index contributed by atoms with van der Waals surface area (Å²) in [6.07, 6.45) is 1.67. The summed E-state index contributed by atoms with van der Waals surface area (Å²) in [5, 5.41) is 3.49. The molecule has 1 heterocycles. The molecule has 26 heavy (non-hydrogen) atoms. The molecule has 3 rings (SSSR count). The number of rotatable bonds is 5. The van der Waals surface area contributed by atoms with Crippen LogP contribution in [0.4, 0.5) is 10.5 Å². The summed E-state index contributed by atoms with van der Waals surface area (Å²) >= 11 is 12.7. The lowest BCUT2D eigenvalue weighted by Gasteiger charge is -2.14. The zero-order chi connectivity index (χ0) is 18.7. The van der Waals surface area contributed by atoms with Gasteiger partial charge in [0, 0.05) is 5.69 Å². The smallest absolute Gasteiger partial charge is 0.295 e. The van der Waals surface area contributed by atoms with Gasteiger partial charge in [-0.2, -0.15) is 0 Å². The summed E-state index contributed by atoms with van der Waals surface area (Å²) in [6.45, 7) is 0.0398. The highest BCUT2D eigenvalue weighted by Crippen LogP contribution is 2.33. The lowest BCUT2D eigenvalue weighted by molar-refractivity contribution is -0.122. The minimum absolute atomic E-state index is 0.0398. The molecule has 0 aliphatic carbocycles. The monoisotopic (exact) mass is 408 g/mol. The van der Waals surface area contributed by atoms with Crippen molar-refractivity contribution in [2.24, 2.45) is 0 Å². The Morgan fingerprint density at radius 3 is 2.69 bits per heavy atom. The molecule has 1 fully saturated rings. The molecule has 0 radical (unpaired) electrons. The summed E-state index contributed by atoms with van der Waals surface area (Å²) in [5.74, 6) is 0.328. The minimum Gasteiger partial charge on any atom is -0.497 e. The molecule has 5 nitrogen and oxygen atoms in total. The van der Waals surface area contributed by atoms with Crippen LogP contribution in [0.25, 0.3) is 6.08 Å². The SMILES string of the molecule is COc1cccc(/C=C2/SC(=O)N(CNc3ccc(Cl)c(Cl)c3)C2=O)c1. The van der Waals surface area contributed by atoms with Crippen molar-refractivity contribution in [2.45, 2.75) is 0 Å². The Morgan fingerprint density at radius 1 is 1.15 bits per heavy atom. The Kier molecular flexibility index (Phi) is 5.76. The van der Waals surface area contributed by atoms with Gasteiger partial charge in [-0.1, -0.05) is 35.3 Å². The average molecular weight is 409 g/mol. The van der Waals surface area contributed by atoms with Crippen LogP contribution in [0.1, 0.15) is 5.56 Å². The number of hydrogen-bond acceptors (Lipinski definition) is 5. The topological polar surface area (TPSA) is 58.6 Å². The number of methoxy groups -OCH3 is 1. The molecule has 2 aromatic rings. The third-order valence-corrected chi connectivity index (χ3v) is 5.27. The Morgan fingerprint density at radius 2 is 1.96 bits per heavy atom. The largest absolute Gasteiger partial charge is 0.497 e. The van der Waals surface area contributed by atoms with Gasteiger partial charge in [0.05, 0.1) is 28.7 Å².